The van der Waals surface area contributed by atoms with Gasteiger partial charge in [0.15, 0.2) is 0 Å². The summed E-state index contributed by atoms with van der Waals surface area (Å²) < 4.78 is 7.96. The van der Waals surface area contributed by atoms with Gasteiger partial charge in [0.25, 0.3) is 0 Å². The molecule has 0 bridgehead atoms. The molecule has 1 fully saturated rings. The first-order chi connectivity index (χ1) is 22.9. The lowest BCUT2D eigenvalue weighted by atomic mass is 9.85. The van der Waals surface area contributed by atoms with Crippen LogP contribution < -0.4 is 20.9 Å². The number of amidine groups is 1. The van der Waals surface area contributed by atoms with Crippen LogP contribution >= 0.6 is 0 Å². The van der Waals surface area contributed by atoms with Crippen LogP contribution in [-0.4, -0.2) is 62.4 Å². The molecule has 7 N–H and O–H groups in total. The average molecular weight is 655 g/mol. The molecular formula is C36H46N8O4. The Kier molecular flexibility index (Phi) is 10.8. The fraction of sp³-hybridized carbons (Fsp3) is 0.417. The average Bonchev–Trinajstić information content (AvgIpc) is 3.06. The Balaban J connectivity index is 1.29. The van der Waals surface area contributed by atoms with Gasteiger partial charge in [-0.1, -0.05) is 57.2 Å². The normalized spacial score (nSPS) is 18.5. The van der Waals surface area contributed by atoms with Crippen molar-refractivity contribution in [2.45, 2.75) is 77.7 Å². The first-order valence-electron chi connectivity index (χ1n) is 16.4. The summed E-state index contributed by atoms with van der Waals surface area (Å²) in [7, 11) is 0. The maximum Gasteiger partial charge on any atom is 0.320 e. The van der Waals surface area contributed by atoms with E-state index in [2.05, 4.69) is 15.6 Å². The number of nitrogens with one attached hydrogen (secondary N) is 5. The van der Waals surface area contributed by atoms with E-state index in [-0.39, 0.29) is 42.7 Å². The van der Waals surface area contributed by atoms with Gasteiger partial charge in [-0.15, -0.1) is 0 Å². The van der Waals surface area contributed by atoms with E-state index in [9.17, 15) is 15.0 Å². The summed E-state index contributed by atoms with van der Waals surface area (Å²) in [5, 5.41) is 50.9. The number of aliphatic imine (C=N–C) groups is 1. The Bertz CT molecular complexity index is 1720. The number of urea groups is 1. The molecule has 12 heteroatoms. The van der Waals surface area contributed by atoms with Crippen molar-refractivity contribution < 1.29 is 19.7 Å². The highest BCUT2D eigenvalue weighted by Crippen LogP contribution is 2.38. The van der Waals surface area contributed by atoms with Gasteiger partial charge in [0.2, 0.25) is 5.96 Å². The minimum Gasteiger partial charge on any atom is -0.484 e. The van der Waals surface area contributed by atoms with Crippen LogP contribution in [0.1, 0.15) is 81.7 Å². The standard InChI is InChI=1S/C36H46N8O4/c1-36(2,3)31(37)20-33(40-24-10-8-23(22-45)9-11-24)42-35(47)41-29-13-14-30(28-7-5-4-6-27(28)29)48-26-12-15-32(38)44(21-26)34(39)43-18-16-25(46)17-19-43/h4-12,15,21,25,29-30,37-39,45-46H,13-14,16-20,22H2,1-3H3,(H2,40,41,42,47). The van der Waals surface area contributed by atoms with E-state index in [4.69, 9.17) is 21.0 Å². The number of ether oxygens (including phenoxy) is 1. The van der Waals surface area contributed by atoms with Crippen molar-refractivity contribution in [3.63, 3.8) is 0 Å². The molecule has 48 heavy (non-hydrogen) atoms. The summed E-state index contributed by atoms with van der Waals surface area (Å²) >= 11 is 0. The van der Waals surface area contributed by atoms with Crippen LogP contribution in [0, 0.1) is 21.6 Å². The number of hydrogen-bond acceptors (Lipinski definition) is 8. The Labute approximate surface area is 281 Å². The number of carbonyl (C=O) groups excluding carboxylic acids is 1. The van der Waals surface area contributed by atoms with Gasteiger partial charge >= 0.3 is 6.03 Å². The second-order valence-corrected chi connectivity index (χ2v) is 13.4. The number of pyridine rings is 1. The number of piperidine rings is 1. The molecule has 1 aliphatic heterocycles. The molecule has 12 nitrogen and oxygen atoms in total. The number of likely N-dealkylation sites (tertiary alicyclic amines) is 1. The van der Waals surface area contributed by atoms with Gasteiger partial charge in [-0.05, 0) is 72.1 Å². The topological polar surface area (TPSA) is 183 Å². The van der Waals surface area contributed by atoms with Crippen molar-refractivity contribution in [2.75, 3.05) is 13.1 Å². The molecule has 0 saturated carbocycles. The Morgan fingerprint density at radius 3 is 2.33 bits per heavy atom. The van der Waals surface area contributed by atoms with E-state index in [0.717, 1.165) is 16.7 Å². The number of benzene rings is 2. The molecular weight excluding hydrogens is 608 g/mol. The number of fused-ring (bicyclic) bond motifs is 1. The summed E-state index contributed by atoms with van der Waals surface area (Å²) in [6.45, 7) is 6.89. The van der Waals surface area contributed by atoms with Crippen molar-refractivity contribution in [2.24, 2.45) is 10.4 Å². The van der Waals surface area contributed by atoms with Crippen molar-refractivity contribution in [1.29, 1.82) is 16.2 Å². The summed E-state index contributed by atoms with van der Waals surface area (Å²) in [4.78, 5) is 19.9. The van der Waals surface area contributed by atoms with Crippen LogP contribution in [0.15, 0.2) is 71.9 Å². The molecule has 2 unspecified atom stereocenters. The summed E-state index contributed by atoms with van der Waals surface area (Å²) in [5.74, 6) is 1.07. The summed E-state index contributed by atoms with van der Waals surface area (Å²) in [6.07, 6.45) is 3.61. The minimum atomic E-state index is -0.419. The molecule has 5 rings (SSSR count). The molecule has 2 aromatic carbocycles. The van der Waals surface area contributed by atoms with Crippen molar-refractivity contribution in [1.82, 2.24) is 20.1 Å². The number of amides is 2. The first-order valence-corrected chi connectivity index (χ1v) is 16.4. The van der Waals surface area contributed by atoms with E-state index >= 15 is 0 Å². The maximum atomic E-state index is 13.4. The van der Waals surface area contributed by atoms with E-state index in [0.29, 0.717) is 61.8 Å². The maximum absolute atomic E-state index is 13.4. The largest absolute Gasteiger partial charge is 0.484 e. The number of carbonyl (C=O) groups is 1. The number of aliphatic hydroxyl groups is 2. The van der Waals surface area contributed by atoms with Gasteiger partial charge in [0.05, 0.1) is 30.6 Å². The molecule has 2 heterocycles. The van der Waals surface area contributed by atoms with Crippen molar-refractivity contribution in [3.8, 4) is 5.75 Å². The smallest absolute Gasteiger partial charge is 0.320 e. The highest BCUT2D eigenvalue weighted by atomic mass is 16.5. The number of nitrogens with zero attached hydrogens (tertiary/aromatic N) is 3. The summed E-state index contributed by atoms with van der Waals surface area (Å²) in [6, 6.07) is 17.6. The van der Waals surface area contributed by atoms with Gasteiger partial charge in [-0.3, -0.25) is 20.7 Å². The van der Waals surface area contributed by atoms with Crippen LogP contribution in [0.25, 0.3) is 0 Å². The number of aliphatic hydroxyl groups excluding tert-OH is 2. The second-order valence-electron chi connectivity index (χ2n) is 13.4. The fourth-order valence-electron chi connectivity index (χ4n) is 5.84. The molecule has 0 radical (unpaired) electrons. The van der Waals surface area contributed by atoms with Crippen molar-refractivity contribution >= 4 is 29.2 Å². The zero-order chi connectivity index (χ0) is 34.4. The molecule has 3 aromatic rings. The Morgan fingerprint density at radius 1 is 0.979 bits per heavy atom. The third kappa shape index (κ3) is 8.55. The van der Waals surface area contributed by atoms with Gasteiger partial charge in [0.1, 0.15) is 23.2 Å². The zero-order valence-electron chi connectivity index (χ0n) is 27.8. The number of hydrogen-bond donors (Lipinski definition) is 7. The summed E-state index contributed by atoms with van der Waals surface area (Å²) in [5.41, 5.74) is 3.46. The Morgan fingerprint density at radius 2 is 1.67 bits per heavy atom. The molecule has 1 saturated heterocycles. The number of rotatable bonds is 7. The van der Waals surface area contributed by atoms with E-state index in [1.54, 1.807) is 42.6 Å². The predicted molar refractivity (Wildman–Crippen MR) is 185 cm³/mol. The first kappa shape index (κ1) is 34.5. The minimum absolute atomic E-state index is 0.0751. The molecule has 254 valence electrons. The lowest BCUT2D eigenvalue weighted by molar-refractivity contribution is 0.107. The monoisotopic (exact) mass is 654 g/mol. The lowest BCUT2D eigenvalue weighted by Crippen LogP contribution is -2.45. The lowest BCUT2D eigenvalue weighted by Gasteiger charge is -2.33. The quantitative estimate of drug-likeness (QED) is 0.137. The van der Waals surface area contributed by atoms with Gasteiger partial charge in [-0.25, -0.2) is 9.79 Å². The van der Waals surface area contributed by atoms with E-state index in [1.165, 1.54) is 4.57 Å². The predicted octanol–water partition coefficient (Wildman–Crippen LogP) is 5.14. The number of aromatic nitrogens is 1. The van der Waals surface area contributed by atoms with E-state index < -0.39 is 11.4 Å². The van der Waals surface area contributed by atoms with Crippen LogP contribution in [0.4, 0.5) is 10.5 Å². The fourth-order valence-corrected chi connectivity index (χ4v) is 5.84. The zero-order valence-corrected chi connectivity index (χ0v) is 27.8. The third-order valence-corrected chi connectivity index (χ3v) is 8.82. The molecule has 2 amide bonds. The van der Waals surface area contributed by atoms with E-state index in [1.807, 2.05) is 49.9 Å². The SMILES string of the molecule is CC(C)(C)C(=N)CC(=Nc1ccc(CO)cc1)NC(=O)NC1CCC(Oc2ccc(=N)n(C(=N)N3CCC(O)CC3)c2)c2ccccc21. The second kappa shape index (κ2) is 15.0. The highest BCUT2D eigenvalue weighted by Gasteiger charge is 2.30. The Hall–Kier alpha value is -4.81. The van der Waals surface area contributed by atoms with Crippen molar-refractivity contribution in [3.05, 3.63) is 89.0 Å². The van der Waals surface area contributed by atoms with Crippen LogP contribution in [0.2, 0.25) is 0 Å². The van der Waals surface area contributed by atoms with Crippen LogP contribution in [0.5, 0.6) is 5.75 Å². The highest BCUT2D eigenvalue weighted by molar-refractivity contribution is 6.09. The van der Waals surface area contributed by atoms with Gasteiger partial charge in [0, 0.05) is 25.2 Å². The molecule has 2 atom stereocenters. The molecule has 0 spiro atoms. The molecule has 2 aliphatic rings. The van der Waals surface area contributed by atoms with Gasteiger partial charge < -0.3 is 30.6 Å². The van der Waals surface area contributed by atoms with Gasteiger partial charge in [-0.2, -0.15) is 0 Å². The third-order valence-electron chi connectivity index (χ3n) is 8.82. The molecule has 1 aliphatic carbocycles. The van der Waals surface area contributed by atoms with Crippen LogP contribution in [-0.2, 0) is 6.61 Å². The van der Waals surface area contributed by atoms with Crippen LogP contribution in [0.3, 0.4) is 0 Å². The molecule has 1 aromatic heterocycles.